The topological polar surface area (TPSA) is 46.6 Å². The van der Waals surface area contributed by atoms with E-state index in [-0.39, 0.29) is 24.8 Å². The summed E-state index contributed by atoms with van der Waals surface area (Å²) in [5.41, 5.74) is 0.977. The molecule has 0 saturated carbocycles. The molecular formula is C18H21NO3. The second-order valence-corrected chi connectivity index (χ2v) is 5.03. The minimum Gasteiger partial charge on any atom is -0.465 e. The molecule has 2 rings (SSSR count). The Labute approximate surface area is 130 Å². The van der Waals surface area contributed by atoms with Gasteiger partial charge in [-0.3, -0.25) is 9.59 Å². The first-order chi connectivity index (χ1) is 10.7. The molecule has 0 saturated heterocycles. The van der Waals surface area contributed by atoms with Crippen LogP contribution in [0.25, 0.3) is 10.8 Å². The molecule has 0 fully saturated rings. The van der Waals surface area contributed by atoms with Gasteiger partial charge < -0.3 is 9.64 Å². The molecule has 0 aliphatic rings. The van der Waals surface area contributed by atoms with Crippen molar-refractivity contribution in [1.29, 1.82) is 0 Å². The third-order valence-electron chi connectivity index (χ3n) is 3.58. The second kappa shape index (κ2) is 7.59. The molecule has 0 atom stereocenters. The summed E-state index contributed by atoms with van der Waals surface area (Å²) in [7, 11) is 0. The Bertz CT molecular complexity index is 661. The van der Waals surface area contributed by atoms with Crippen LogP contribution < -0.4 is 0 Å². The third-order valence-corrected chi connectivity index (χ3v) is 3.58. The van der Waals surface area contributed by atoms with Crippen molar-refractivity contribution < 1.29 is 14.3 Å². The molecule has 0 N–H and O–H groups in total. The number of rotatable bonds is 6. The fourth-order valence-corrected chi connectivity index (χ4v) is 2.46. The van der Waals surface area contributed by atoms with E-state index in [1.165, 1.54) is 4.90 Å². The summed E-state index contributed by atoms with van der Waals surface area (Å²) in [6.07, 6.45) is 0.286. The largest absolute Gasteiger partial charge is 0.465 e. The summed E-state index contributed by atoms with van der Waals surface area (Å²) in [5, 5.41) is 2.19. The van der Waals surface area contributed by atoms with Gasteiger partial charge in [-0.1, -0.05) is 42.5 Å². The first-order valence-corrected chi connectivity index (χ1v) is 7.55. The first kappa shape index (κ1) is 16.0. The summed E-state index contributed by atoms with van der Waals surface area (Å²) in [5.74, 6) is -0.428. The molecule has 0 bridgehead atoms. The van der Waals surface area contributed by atoms with Gasteiger partial charge in [0.15, 0.2) is 0 Å². The lowest BCUT2D eigenvalue weighted by Gasteiger charge is -2.20. The van der Waals surface area contributed by atoms with E-state index in [1.807, 2.05) is 49.4 Å². The van der Waals surface area contributed by atoms with E-state index >= 15 is 0 Å². The second-order valence-electron chi connectivity index (χ2n) is 5.03. The number of amides is 1. The first-order valence-electron chi connectivity index (χ1n) is 7.55. The van der Waals surface area contributed by atoms with Gasteiger partial charge in [-0.2, -0.15) is 0 Å². The summed E-state index contributed by atoms with van der Waals surface area (Å²) in [6, 6.07) is 13.9. The number of likely N-dealkylation sites (N-methyl/N-ethyl adjacent to an activating group) is 1. The fourth-order valence-electron chi connectivity index (χ4n) is 2.46. The van der Waals surface area contributed by atoms with Gasteiger partial charge in [-0.05, 0) is 30.2 Å². The number of ether oxygens (including phenoxy) is 1. The molecule has 0 aliphatic heterocycles. The number of hydrogen-bond donors (Lipinski definition) is 0. The number of carbonyl (C=O) groups is 2. The van der Waals surface area contributed by atoms with Gasteiger partial charge in [0.1, 0.15) is 6.54 Å². The Morgan fingerprint density at radius 3 is 2.50 bits per heavy atom. The lowest BCUT2D eigenvalue weighted by Crippen LogP contribution is -2.37. The Kier molecular flexibility index (Phi) is 5.53. The Morgan fingerprint density at radius 1 is 1.05 bits per heavy atom. The fraction of sp³-hybridized carbons (Fsp3) is 0.333. The van der Waals surface area contributed by atoms with Crippen molar-refractivity contribution in [2.75, 3.05) is 19.7 Å². The molecule has 0 aromatic heterocycles. The van der Waals surface area contributed by atoms with Crippen molar-refractivity contribution in [3.8, 4) is 0 Å². The summed E-state index contributed by atoms with van der Waals surface area (Å²) >= 11 is 0. The van der Waals surface area contributed by atoms with Crippen LogP contribution in [0.1, 0.15) is 19.4 Å². The molecule has 2 aromatic rings. The number of fused-ring (bicyclic) bond motifs is 1. The molecule has 0 spiro atoms. The lowest BCUT2D eigenvalue weighted by molar-refractivity contribution is -0.148. The molecule has 4 heteroatoms. The maximum absolute atomic E-state index is 12.4. The van der Waals surface area contributed by atoms with Gasteiger partial charge >= 0.3 is 5.97 Å². The van der Waals surface area contributed by atoms with E-state index in [0.717, 1.165) is 16.3 Å². The zero-order valence-electron chi connectivity index (χ0n) is 13.0. The van der Waals surface area contributed by atoms with Crippen LogP contribution in [0.4, 0.5) is 0 Å². The number of hydrogen-bond acceptors (Lipinski definition) is 3. The van der Waals surface area contributed by atoms with Crippen molar-refractivity contribution in [1.82, 2.24) is 4.90 Å². The van der Waals surface area contributed by atoms with Crippen LogP contribution in [0, 0.1) is 0 Å². The lowest BCUT2D eigenvalue weighted by atomic mass is 10.0. The van der Waals surface area contributed by atoms with Crippen molar-refractivity contribution in [3.05, 3.63) is 48.0 Å². The van der Waals surface area contributed by atoms with Gasteiger partial charge in [0.05, 0.1) is 13.0 Å². The average molecular weight is 299 g/mol. The van der Waals surface area contributed by atoms with Crippen molar-refractivity contribution in [2.24, 2.45) is 0 Å². The van der Waals surface area contributed by atoms with E-state index in [1.54, 1.807) is 6.92 Å². The molecule has 0 aliphatic carbocycles. The normalized spacial score (nSPS) is 10.5. The van der Waals surface area contributed by atoms with Gasteiger partial charge in [-0.15, -0.1) is 0 Å². The Morgan fingerprint density at radius 2 is 1.77 bits per heavy atom. The van der Waals surface area contributed by atoms with Gasteiger partial charge in [0, 0.05) is 6.54 Å². The number of esters is 1. The highest BCUT2D eigenvalue weighted by molar-refractivity contribution is 5.91. The predicted molar refractivity (Wildman–Crippen MR) is 86.5 cm³/mol. The highest BCUT2D eigenvalue weighted by Crippen LogP contribution is 2.19. The van der Waals surface area contributed by atoms with Crippen LogP contribution in [0.3, 0.4) is 0 Å². The van der Waals surface area contributed by atoms with Crippen LogP contribution in [-0.4, -0.2) is 36.5 Å². The van der Waals surface area contributed by atoms with Crippen molar-refractivity contribution in [3.63, 3.8) is 0 Å². The summed E-state index contributed by atoms with van der Waals surface area (Å²) in [6.45, 7) is 4.44. The molecule has 2 aromatic carbocycles. The molecule has 1 amide bonds. The van der Waals surface area contributed by atoms with E-state index in [2.05, 4.69) is 0 Å². The van der Waals surface area contributed by atoms with E-state index in [4.69, 9.17) is 4.74 Å². The van der Waals surface area contributed by atoms with E-state index in [0.29, 0.717) is 13.2 Å². The molecule has 4 nitrogen and oxygen atoms in total. The van der Waals surface area contributed by atoms with E-state index < -0.39 is 0 Å². The third kappa shape index (κ3) is 3.85. The van der Waals surface area contributed by atoms with Crippen molar-refractivity contribution >= 4 is 22.6 Å². The molecule has 0 unspecified atom stereocenters. The average Bonchev–Trinajstić information content (AvgIpc) is 2.53. The molecule has 0 heterocycles. The van der Waals surface area contributed by atoms with Crippen LogP contribution in [-0.2, 0) is 20.7 Å². The zero-order chi connectivity index (χ0) is 15.9. The maximum Gasteiger partial charge on any atom is 0.325 e. The monoisotopic (exact) mass is 299 g/mol. The number of benzene rings is 2. The highest BCUT2D eigenvalue weighted by Gasteiger charge is 2.17. The van der Waals surface area contributed by atoms with Crippen LogP contribution in [0.15, 0.2) is 42.5 Å². The quantitative estimate of drug-likeness (QED) is 0.771. The van der Waals surface area contributed by atoms with Crippen molar-refractivity contribution in [2.45, 2.75) is 20.3 Å². The maximum atomic E-state index is 12.4. The molecule has 0 radical (unpaired) electrons. The van der Waals surface area contributed by atoms with Crippen LogP contribution >= 0.6 is 0 Å². The van der Waals surface area contributed by atoms with Gasteiger partial charge in [0.25, 0.3) is 0 Å². The summed E-state index contributed by atoms with van der Waals surface area (Å²) < 4.78 is 4.91. The van der Waals surface area contributed by atoms with E-state index in [9.17, 15) is 9.59 Å². The predicted octanol–water partition coefficient (Wildman–Crippen LogP) is 2.79. The standard InChI is InChI=1S/C18H21NO3/c1-3-19(13-18(21)22-4-2)17(20)12-15-10-7-9-14-8-5-6-11-16(14)15/h5-11H,3-4,12-13H2,1-2H3. The zero-order valence-corrected chi connectivity index (χ0v) is 13.0. The minimum atomic E-state index is -0.365. The summed E-state index contributed by atoms with van der Waals surface area (Å²) in [4.78, 5) is 25.5. The molecule has 116 valence electrons. The highest BCUT2D eigenvalue weighted by atomic mass is 16.5. The Balaban J connectivity index is 2.13. The number of nitrogens with zero attached hydrogens (tertiary/aromatic N) is 1. The van der Waals surface area contributed by atoms with Gasteiger partial charge in [-0.25, -0.2) is 0 Å². The Hall–Kier alpha value is -2.36. The minimum absolute atomic E-state index is 0.00788. The van der Waals surface area contributed by atoms with Crippen LogP contribution in [0.5, 0.6) is 0 Å². The SMILES string of the molecule is CCOC(=O)CN(CC)C(=O)Cc1cccc2ccccc12. The molecular weight excluding hydrogens is 278 g/mol. The van der Waals surface area contributed by atoms with Gasteiger partial charge in [0.2, 0.25) is 5.91 Å². The number of carbonyl (C=O) groups excluding carboxylic acids is 2. The van der Waals surface area contributed by atoms with Crippen LogP contribution in [0.2, 0.25) is 0 Å². The molecule has 22 heavy (non-hydrogen) atoms. The smallest absolute Gasteiger partial charge is 0.325 e.